The summed E-state index contributed by atoms with van der Waals surface area (Å²) in [5, 5.41) is 2.82. The minimum atomic E-state index is -0.337. The third-order valence-electron chi connectivity index (χ3n) is 2.85. The van der Waals surface area contributed by atoms with E-state index in [1.165, 1.54) is 10.6 Å². The first-order valence-electron chi connectivity index (χ1n) is 5.92. The highest BCUT2D eigenvalue weighted by Crippen LogP contribution is 2.38. The van der Waals surface area contributed by atoms with Gasteiger partial charge in [0.15, 0.2) is 0 Å². The molecule has 2 aromatic carbocycles. The number of hydrogen-bond donors (Lipinski definition) is 1. The summed E-state index contributed by atoms with van der Waals surface area (Å²) in [6.07, 6.45) is 0. The summed E-state index contributed by atoms with van der Waals surface area (Å²) in [6, 6.07) is 21.4. The van der Waals surface area contributed by atoms with Crippen LogP contribution < -0.4 is 16.3 Å². The minimum absolute atomic E-state index is 0.337. The predicted octanol–water partition coefficient (Wildman–Crippen LogP) is 2.47. The molecule has 88 valence electrons. The topological polar surface area (TPSA) is 26.0 Å². The van der Waals surface area contributed by atoms with Gasteiger partial charge in [-0.2, -0.15) is 0 Å². The van der Waals surface area contributed by atoms with Crippen molar-refractivity contribution in [1.29, 1.82) is 0 Å². The van der Waals surface area contributed by atoms with E-state index in [2.05, 4.69) is 67.6 Å². The van der Waals surface area contributed by atoms with Crippen molar-refractivity contribution in [2.45, 2.75) is 12.6 Å². The van der Waals surface area contributed by atoms with Crippen LogP contribution >= 0.6 is 7.92 Å². The molecule has 0 aliphatic heterocycles. The van der Waals surface area contributed by atoms with Gasteiger partial charge in [0.25, 0.3) is 0 Å². The Morgan fingerprint density at radius 3 is 1.65 bits per heavy atom. The van der Waals surface area contributed by atoms with E-state index in [9.17, 15) is 0 Å². The molecular formula is C15H18NP. The maximum atomic E-state index is 5.86. The van der Waals surface area contributed by atoms with Crippen LogP contribution in [0.4, 0.5) is 0 Å². The molecule has 0 aliphatic rings. The van der Waals surface area contributed by atoms with Crippen molar-refractivity contribution in [2.24, 2.45) is 5.73 Å². The summed E-state index contributed by atoms with van der Waals surface area (Å²) >= 11 is 0. The van der Waals surface area contributed by atoms with E-state index in [-0.39, 0.29) is 7.92 Å². The van der Waals surface area contributed by atoms with E-state index in [4.69, 9.17) is 5.73 Å². The molecule has 0 amide bonds. The third-order valence-corrected chi connectivity index (χ3v) is 5.65. The first-order chi connectivity index (χ1) is 8.33. The number of benzene rings is 2. The Bertz CT molecular complexity index is 401. The second kappa shape index (κ2) is 5.95. The van der Waals surface area contributed by atoms with Gasteiger partial charge in [-0.1, -0.05) is 67.6 Å². The lowest BCUT2D eigenvalue weighted by Crippen LogP contribution is -2.25. The van der Waals surface area contributed by atoms with Gasteiger partial charge in [-0.25, -0.2) is 0 Å². The van der Waals surface area contributed by atoms with Crippen molar-refractivity contribution in [3.8, 4) is 0 Å². The van der Waals surface area contributed by atoms with E-state index >= 15 is 0 Å². The molecule has 0 fully saturated rings. The molecule has 0 bridgehead atoms. The Morgan fingerprint density at radius 2 is 1.29 bits per heavy atom. The van der Waals surface area contributed by atoms with E-state index in [1.807, 2.05) is 0 Å². The fourth-order valence-electron chi connectivity index (χ4n) is 1.94. The number of hydrogen-bond acceptors (Lipinski definition) is 1. The van der Waals surface area contributed by atoms with Crippen LogP contribution in [0.2, 0.25) is 0 Å². The van der Waals surface area contributed by atoms with Crippen LogP contribution in [-0.4, -0.2) is 12.2 Å². The summed E-state index contributed by atoms with van der Waals surface area (Å²) < 4.78 is 0. The Morgan fingerprint density at radius 1 is 0.882 bits per heavy atom. The minimum Gasteiger partial charge on any atom is -0.330 e. The zero-order valence-corrected chi connectivity index (χ0v) is 11.0. The van der Waals surface area contributed by atoms with Gasteiger partial charge >= 0.3 is 0 Å². The Hall–Kier alpha value is -1.17. The maximum absolute atomic E-state index is 5.86. The molecule has 1 unspecified atom stereocenters. The molecule has 0 heterocycles. The number of rotatable bonds is 4. The van der Waals surface area contributed by atoms with E-state index in [1.54, 1.807) is 0 Å². The summed E-state index contributed by atoms with van der Waals surface area (Å²) in [4.78, 5) is 0. The molecule has 2 aromatic rings. The van der Waals surface area contributed by atoms with Crippen molar-refractivity contribution in [3.05, 3.63) is 60.7 Å². The SMILES string of the molecule is CC(CN)P(c1ccccc1)c1ccccc1. The second-order valence-corrected chi connectivity index (χ2v) is 6.78. The maximum Gasteiger partial charge on any atom is -0.000602 e. The van der Waals surface area contributed by atoms with Crippen molar-refractivity contribution < 1.29 is 0 Å². The average Bonchev–Trinajstić information content (AvgIpc) is 2.41. The van der Waals surface area contributed by atoms with Crippen LogP contribution in [0.15, 0.2) is 60.7 Å². The lowest BCUT2D eigenvalue weighted by atomic mass is 10.4. The van der Waals surface area contributed by atoms with Gasteiger partial charge in [-0.15, -0.1) is 0 Å². The van der Waals surface area contributed by atoms with Crippen LogP contribution in [0.1, 0.15) is 6.92 Å². The third kappa shape index (κ3) is 2.94. The lowest BCUT2D eigenvalue weighted by Gasteiger charge is -2.24. The molecule has 0 saturated carbocycles. The van der Waals surface area contributed by atoms with Crippen LogP contribution in [0.5, 0.6) is 0 Å². The van der Waals surface area contributed by atoms with Crippen molar-refractivity contribution in [2.75, 3.05) is 6.54 Å². The fraction of sp³-hybridized carbons (Fsp3) is 0.200. The lowest BCUT2D eigenvalue weighted by molar-refractivity contribution is 0.945. The average molecular weight is 243 g/mol. The highest BCUT2D eigenvalue weighted by Gasteiger charge is 2.19. The molecule has 0 radical (unpaired) electrons. The van der Waals surface area contributed by atoms with Gasteiger partial charge < -0.3 is 5.73 Å². The fourth-order valence-corrected chi connectivity index (χ4v) is 4.45. The Kier molecular flexibility index (Phi) is 4.30. The van der Waals surface area contributed by atoms with Crippen LogP contribution in [0.25, 0.3) is 0 Å². The molecule has 2 N–H and O–H groups in total. The van der Waals surface area contributed by atoms with Gasteiger partial charge in [0.2, 0.25) is 0 Å². The molecule has 17 heavy (non-hydrogen) atoms. The standard InChI is InChI=1S/C15H18NP/c1-13(12-16)17(14-8-4-2-5-9-14)15-10-6-3-7-11-15/h2-11,13H,12,16H2,1H3. The zero-order chi connectivity index (χ0) is 12.1. The first-order valence-corrected chi connectivity index (χ1v) is 7.33. The van der Waals surface area contributed by atoms with Gasteiger partial charge in [0, 0.05) is 0 Å². The van der Waals surface area contributed by atoms with Crippen LogP contribution in [0.3, 0.4) is 0 Å². The monoisotopic (exact) mass is 243 g/mol. The second-order valence-electron chi connectivity index (χ2n) is 4.13. The van der Waals surface area contributed by atoms with Crippen molar-refractivity contribution in [1.82, 2.24) is 0 Å². The smallest absolute Gasteiger partial charge is 0.000602 e. The predicted molar refractivity (Wildman–Crippen MR) is 77.6 cm³/mol. The molecule has 0 saturated heterocycles. The quantitative estimate of drug-likeness (QED) is 0.820. The first kappa shape index (κ1) is 12.3. The molecule has 1 atom stereocenters. The molecule has 0 aromatic heterocycles. The van der Waals surface area contributed by atoms with Crippen molar-refractivity contribution >= 4 is 18.5 Å². The van der Waals surface area contributed by atoms with Gasteiger partial charge in [0.05, 0.1) is 0 Å². The van der Waals surface area contributed by atoms with Gasteiger partial charge in [-0.05, 0) is 30.7 Å². The van der Waals surface area contributed by atoms with Crippen LogP contribution in [0, 0.1) is 0 Å². The van der Waals surface area contributed by atoms with E-state index in [0.29, 0.717) is 5.66 Å². The summed E-state index contributed by atoms with van der Waals surface area (Å²) in [5.74, 6) is 0. The zero-order valence-electron chi connectivity index (χ0n) is 10.1. The highest BCUT2D eigenvalue weighted by atomic mass is 31.1. The molecule has 1 nitrogen and oxygen atoms in total. The summed E-state index contributed by atoms with van der Waals surface area (Å²) in [7, 11) is -0.337. The molecule has 0 aliphatic carbocycles. The summed E-state index contributed by atoms with van der Waals surface area (Å²) in [6.45, 7) is 2.97. The Labute approximate surface area is 104 Å². The molecule has 2 heteroatoms. The normalized spacial score (nSPS) is 12.6. The summed E-state index contributed by atoms with van der Waals surface area (Å²) in [5.41, 5.74) is 6.37. The molecule has 2 rings (SSSR count). The highest BCUT2D eigenvalue weighted by molar-refractivity contribution is 7.73. The number of nitrogens with two attached hydrogens (primary N) is 1. The van der Waals surface area contributed by atoms with E-state index < -0.39 is 0 Å². The van der Waals surface area contributed by atoms with Gasteiger partial charge in [0.1, 0.15) is 0 Å². The molecule has 0 spiro atoms. The molecular weight excluding hydrogens is 225 g/mol. The van der Waals surface area contributed by atoms with Gasteiger partial charge in [-0.3, -0.25) is 0 Å². The van der Waals surface area contributed by atoms with E-state index in [0.717, 1.165) is 6.54 Å². The Balaban J connectivity index is 2.39. The van der Waals surface area contributed by atoms with Crippen LogP contribution in [-0.2, 0) is 0 Å². The van der Waals surface area contributed by atoms with Crippen molar-refractivity contribution in [3.63, 3.8) is 0 Å². The largest absolute Gasteiger partial charge is 0.330 e.